The highest BCUT2D eigenvalue weighted by Gasteiger charge is 2.54. The SMILES string of the molecule is CC(C)(C)OC(=O)NC[C@]1(c2ccccc2)Cc2c(ccc(Cl)c2B2OC(C)(C)C(C)(C)O2)O1. The lowest BCUT2D eigenvalue weighted by atomic mass is 9.73. The molecule has 0 spiro atoms. The first kappa shape index (κ1) is 24.9. The fourth-order valence-electron chi connectivity index (χ4n) is 4.27. The number of amides is 1. The van der Waals surface area contributed by atoms with E-state index >= 15 is 0 Å². The Morgan fingerprint density at radius 3 is 2.26 bits per heavy atom. The van der Waals surface area contributed by atoms with E-state index in [4.69, 9.17) is 30.4 Å². The molecule has 182 valence electrons. The van der Waals surface area contributed by atoms with Crippen molar-refractivity contribution in [2.45, 2.75) is 77.3 Å². The lowest BCUT2D eigenvalue weighted by molar-refractivity contribution is 0.00578. The number of nitrogens with one attached hydrogen (secondary N) is 1. The van der Waals surface area contributed by atoms with Crippen molar-refractivity contribution < 1.29 is 23.6 Å². The maximum atomic E-state index is 12.5. The Kier molecular flexibility index (Phi) is 6.20. The van der Waals surface area contributed by atoms with Crippen LogP contribution in [0.4, 0.5) is 4.79 Å². The van der Waals surface area contributed by atoms with Crippen LogP contribution in [0.1, 0.15) is 59.6 Å². The molecule has 34 heavy (non-hydrogen) atoms. The number of hydrogen-bond donors (Lipinski definition) is 1. The molecule has 0 aromatic heterocycles. The number of alkyl carbamates (subject to hydrolysis) is 1. The molecule has 2 aromatic carbocycles. The van der Waals surface area contributed by atoms with Gasteiger partial charge >= 0.3 is 13.2 Å². The van der Waals surface area contributed by atoms with Gasteiger partial charge in [-0.3, -0.25) is 0 Å². The number of ether oxygens (including phenoxy) is 2. The van der Waals surface area contributed by atoms with E-state index in [0.717, 1.165) is 16.6 Å². The van der Waals surface area contributed by atoms with Crippen LogP contribution in [-0.2, 0) is 26.1 Å². The minimum Gasteiger partial charge on any atom is -0.480 e. The first-order valence-electron chi connectivity index (χ1n) is 11.6. The van der Waals surface area contributed by atoms with Crippen LogP contribution < -0.4 is 15.5 Å². The van der Waals surface area contributed by atoms with Crippen LogP contribution in [0.25, 0.3) is 0 Å². The van der Waals surface area contributed by atoms with Crippen LogP contribution in [0, 0.1) is 0 Å². The molecule has 8 heteroatoms. The van der Waals surface area contributed by atoms with Gasteiger partial charge in [0.2, 0.25) is 0 Å². The minimum absolute atomic E-state index is 0.223. The van der Waals surface area contributed by atoms with Crippen LogP contribution >= 0.6 is 11.6 Å². The molecular formula is C26H33BClNO5. The second-order valence-corrected chi connectivity index (χ2v) is 11.4. The van der Waals surface area contributed by atoms with E-state index in [0.29, 0.717) is 17.2 Å². The van der Waals surface area contributed by atoms with Crippen molar-refractivity contribution in [3.05, 3.63) is 58.6 Å². The minimum atomic E-state index is -0.830. The quantitative estimate of drug-likeness (QED) is 0.618. The summed E-state index contributed by atoms with van der Waals surface area (Å²) < 4.78 is 24.7. The van der Waals surface area contributed by atoms with E-state index in [1.807, 2.05) is 90.9 Å². The smallest absolute Gasteiger partial charge is 0.480 e. The summed E-state index contributed by atoms with van der Waals surface area (Å²) in [5.41, 5.74) is 0.201. The highest BCUT2D eigenvalue weighted by atomic mass is 35.5. The number of carbonyl (C=O) groups excluding carboxylic acids is 1. The van der Waals surface area contributed by atoms with Gasteiger partial charge in [0.15, 0.2) is 5.60 Å². The van der Waals surface area contributed by atoms with E-state index in [1.54, 1.807) is 0 Å². The normalized spacial score (nSPS) is 22.8. The Balaban J connectivity index is 1.69. The predicted molar refractivity (Wildman–Crippen MR) is 134 cm³/mol. The summed E-state index contributed by atoms with van der Waals surface area (Å²) in [5, 5.41) is 3.46. The van der Waals surface area contributed by atoms with Crippen LogP contribution in [0.5, 0.6) is 5.75 Å². The van der Waals surface area contributed by atoms with Crippen molar-refractivity contribution >= 4 is 30.3 Å². The van der Waals surface area contributed by atoms with Crippen molar-refractivity contribution in [2.24, 2.45) is 0 Å². The molecule has 2 aliphatic heterocycles. The third-order valence-electron chi connectivity index (χ3n) is 6.73. The Labute approximate surface area is 207 Å². The zero-order valence-corrected chi connectivity index (χ0v) is 21.7. The summed E-state index contributed by atoms with van der Waals surface area (Å²) in [4.78, 5) is 12.5. The molecule has 0 radical (unpaired) electrons. The lowest BCUT2D eigenvalue weighted by Gasteiger charge is -2.32. The fourth-order valence-corrected chi connectivity index (χ4v) is 4.54. The van der Waals surface area contributed by atoms with E-state index in [-0.39, 0.29) is 6.54 Å². The Hall–Kier alpha value is -2.22. The molecule has 6 nitrogen and oxygen atoms in total. The zero-order valence-electron chi connectivity index (χ0n) is 21.0. The number of benzene rings is 2. The molecule has 1 saturated heterocycles. The van der Waals surface area contributed by atoms with Crippen molar-refractivity contribution in [1.82, 2.24) is 5.32 Å². The standard InChI is InChI=1S/C26H33BClNO5/c1-23(2,3)32-22(30)29-16-26(17-11-9-8-10-12-17)15-18-20(31-26)14-13-19(28)21(18)27-33-24(4,5)25(6,7)34-27/h8-14H,15-16H2,1-7H3,(H,29,30)/t26-/m0/s1. The molecular weight excluding hydrogens is 453 g/mol. The van der Waals surface area contributed by atoms with Gasteiger partial charge in [0, 0.05) is 16.9 Å². The van der Waals surface area contributed by atoms with Crippen LogP contribution in [-0.4, -0.2) is 36.6 Å². The van der Waals surface area contributed by atoms with E-state index in [9.17, 15) is 4.79 Å². The molecule has 1 fully saturated rings. The molecule has 0 aliphatic carbocycles. The van der Waals surface area contributed by atoms with E-state index in [2.05, 4.69) is 5.32 Å². The van der Waals surface area contributed by atoms with Gasteiger partial charge in [-0.25, -0.2) is 4.79 Å². The average molecular weight is 486 g/mol. The van der Waals surface area contributed by atoms with E-state index in [1.165, 1.54) is 0 Å². The third kappa shape index (κ3) is 4.66. The van der Waals surface area contributed by atoms with Crippen molar-refractivity contribution in [3.8, 4) is 5.75 Å². The second-order valence-electron chi connectivity index (χ2n) is 11.0. The van der Waals surface area contributed by atoms with Gasteiger partial charge < -0.3 is 24.1 Å². The monoisotopic (exact) mass is 485 g/mol. The highest BCUT2D eigenvalue weighted by molar-refractivity contribution is 6.66. The molecule has 0 unspecified atom stereocenters. The maximum absolute atomic E-state index is 12.5. The van der Waals surface area contributed by atoms with Gasteiger partial charge in [0.1, 0.15) is 11.4 Å². The summed E-state index contributed by atoms with van der Waals surface area (Å²) in [6.07, 6.45) is -0.00570. The molecule has 1 N–H and O–H groups in total. The largest absolute Gasteiger partial charge is 0.496 e. The third-order valence-corrected chi connectivity index (χ3v) is 7.06. The fraction of sp³-hybridized carbons (Fsp3) is 0.500. The summed E-state index contributed by atoms with van der Waals surface area (Å²) in [5.74, 6) is 0.698. The number of halogens is 1. The van der Waals surface area contributed by atoms with Crippen molar-refractivity contribution in [2.75, 3.05) is 6.54 Å². The molecule has 1 amide bonds. The van der Waals surface area contributed by atoms with Gasteiger partial charge in [0.05, 0.1) is 17.7 Å². The molecule has 2 heterocycles. The topological polar surface area (TPSA) is 66.0 Å². The van der Waals surface area contributed by atoms with Crippen LogP contribution in [0.2, 0.25) is 5.02 Å². The van der Waals surface area contributed by atoms with Gasteiger partial charge in [-0.15, -0.1) is 0 Å². The van der Waals surface area contributed by atoms with Gasteiger partial charge in [-0.05, 0) is 71.7 Å². The first-order valence-corrected chi connectivity index (χ1v) is 12.0. The molecule has 2 aromatic rings. The van der Waals surface area contributed by atoms with Crippen molar-refractivity contribution in [1.29, 1.82) is 0 Å². The zero-order chi connectivity index (χ0) is 24.9. The molecule has 2 aliphatic rings. The number of carbonyl (C=O) groups is 1. The average Bonchev–Trinajstić information content (AvgIpc) is 3.20. The maximum Gasteiger partial charge on any atom is 0.496 e. The molecule has 0 saturated carbocycles. The van der Waals surface area contributed by atoms with Gasteiger partial charge in [-0.1, -0.05) is 41.9 Å². The van der Waals surface area contributed by atoms with Crippen molar-refractivity contribution in [3.63, 3.8) is 0 Å². The summed E-state index contributed by atoms with van der Waals surface area (Å²) >= 11 is 6.71. The number of fused-ring (bicyclic) bond motifs is 1. The Morgan fingerprint density at radius 2 is 1.68 bits per heavy atom. The van der Waals surface area contributed by atoms with Gasteiger partial charge in [-0.2, -0.15) is 0 Å². The molecule has 0 bridgehead atoms. The van der Waals surface area contributed by atoms with Crippen LogP contribution in [0.15, 0.2) is 42.5 Å². The van der Waals surface area contributed by atoms with Gasteiger partial charge in [0.25, 0.3) is 0 Å². The first-order chi connectivity index (χ1) is 15.7. The molecule has 1 atom stereocenters. The summed E-state index contributed by atoms with van der Waals surface area (Å²) in [7, 11) is -0.624. The lowest BCUT2D eigenvalue weighted by Crippen LogP contribution is -2.46. The van der Waals surface area contributed by atoms with Crippen LogP contribution in [0.3, 0.4) is 0 Å². The number of hydrogen-bond acceptors (Lipinski definition) is 5. The highest BCUT2D eigenvalue weighted by Crippen LogP contribution is 2.44. The Morgan fingerprint density at radius 1 is 1.06 bits per heavy atom. The number of rotatable bonds is 4. The second kappa shape index (κ2) is 8.47. The van der Waals surface area contributed by atoms with E-state index < -0.39 is 35.6 Å². The predicted octanol–water partition coefficient (Wildman–Crippen LogP) is 4.99. The summed E-state index contributed by atoms with van der Waals surface area (Å²) in [6, 6.07) is 13.5. The Bertz CT molecular complexity index is 1070. The molecule has 4 rings (SSSR count). The summed E-state index contributed by atoms with van der Waals surface area (Å²) in [6.45, 7) is 13.8.